The van der Waals surface area contributed by atoms with Gasteiger partial charge in [0.1, 0.15) is 17.2 Å². The van der Waals surface area contributed by atoms with Crippen LogP contribution in [0, 0.1) is 6.92 Å². The smallest absolute Gasteiger partial charge is 0.122 e. The van der Waals surface area contributed by atoms with E-state index in [-0.39, 0.29) is 5.75 Å². The van der Waals surface area contributed by atoms with Crippen molar-refractivity contribution < 1.29 is 15.3 Å². The summed E-state index contributed by atoms with van der Waals surface area (Å²) in [4.78, 5) is 0. The summed E-state index contributed by atoms with van der Waals surface area (Å²) in [5.74, 6) is 0.895. The number of aryl methyl sites for hydroxylation is 2. The van der Waals surface area contributed by atoms with E-state index < -0.39 is 0 Å². The lowest BCUT2D eigenvalue weighted by atomic mass is 9.97. The Morgan fingerprint density at radius 1 is 0.767 bits per heavy atom. The van der Waals surface area contributed by atoms with Crippen molar-refractivity contribution in [3.63, 3.8) is 0 Å². The molecular formula is C26H31NO3. The Bertz CT molecular complexity index is 998. The molecule has 0 aliphatic carbocycles. The van der Waals surface area contributed by atoms with Gasteiger partial charge in [0.25, 0.3) is 0 Å². The summed E-state index contributed by atoms with van der Waals surface area (Å²) in [6, 6.07) is 17.1. The maximum absolute atomic E-state index is 10.6. The summed E-state index contributed by atoms with van der Waals surface area (Å²) in [5, 5.41) is 34.5. The van der Waals surface area contributed by atoms with Crippen LogP contribution in [0.3, 0.4) is 0 Å². The van der Waals surface area contributed by atoms with Gasteiger partial charge in [-0.05, 0) is 53.6 Å². The van der Waals surface area contributed by atoms with E-state index in [1.165, 1.54) is 0 Å². The van der Waals surface area contributed by atoms with Gasteiger partial charge in [0, 0.05) is 25.1 Å². The van der Waals surface area contributed by atoms with Crippen LogP contribution in [0.5, 0.6) is 17.2 Å². The molecule has 158 valence electrons. The molecular weight excluding hydrogens is 374 g/mol. The Morgan fingerprint density at radius 2 is 1.50 bits per heavy atom. The molecule has 0 aromatic heterocycles. The number of para-hydroxylation sites is 2. The van der Waals surface area contributed by atoms with Crippen LogP contribution in [0.1, 0.15) is 53.1 Å². The standard InChI is InChI=1S/C26H31NO3/c1-3-4-8-20-9-6-10-21(26(20)30)15-23-14-19(12-13-24(23)28)16-27-17-22-11-5-7-18(2)25(22)29/h5-7,9-14,27-30H,3-4,8,15-17H2,1-2H3. The van der Waals surface area contributed by atoms with Crippen molar-refractivity contribution in [3.8, 4) is 17.2 Å². The molecule has 0 saturated carbocycles. The van der Waals surface area contributed by atoms with Gasteiger partial charge in [0.2, 0.25) is 0 Å². The van der Waals surface area contributed by atoms with Crippen LogP contribution in [-0.4, -0.2) is 15.3 Å². The van der Waals surface area contributed by atoms with E-state index in [0.717, 1.165) is 52.6 Å². The van der Waals surface area contributed by atoms with Crippen LogP contribution in [0.25, 0.3) is 0 Å². The molecule has 0 radical (unpaired) electrons. The minimum Gasteiger partial charge on any atom is -0.508 e. The maximum Gasteiger partial charge on any atom is 0.122 e. The third kappa shape index (κ3) is 5.33. The van der Waals surface area contributed by atoms with E-state index in [1.807, 2.05) is 55.5 Å². The number of nitrogens with one attached hydrogen (secondary N) is 1. The second kappa shape index (κ2) is 10.2. The Labute approximate surface area is 178 Å². The Kier molecular flexibility index (Phi) is 7.36. The Hall–Kier alpha value is -2.98. The summed E-state index contributed by atoms with van der Waals surface area (Å²) in [6.07, 6.45) is 3.46. The first kappa shape index (κ1) is 21.7. The molecule has 0 saturated heterocycles. The van der Waals surface area contributed by atoms with Gasteiger partial charge in [-0.25, -0.2) is 0 Å². The van der Waals surface area contributed by atoms with Crippen LogP contribution in [0.15, 0.2) is 54.6 Å². The van der Waals surface area contributed by atoms with Gasteiger partial charge in [0.15, 0.2) is 0 Å². The topological polar surface area (TPSA) is 72.7 Å². The molecule has 0 heterocycles. The zero-order valence-corrected chi connectivity index (χ0v) is 17.8. The van der Waals surface area contributed by atoms with Crippen LogP contribution in [-0.2, 0) is 25.9 Å². The molecule has 0 bridgehead atoms. The second-order valence-corrected chi connectivity index (χ2v) is 7.85. The largest absolute Gasteiger partial charge is 0.508 e. The molecule has 0 aliphatic heterocycles. The highest BCUT2D eigenvalue weighted by atomic mass is 16.3. The first-order valence-corrected chi connectivity index (χ1v) is 10.6. The highest BCUT2D eigenvalue weighted by molar-refractivity contribution is 5.46. The highest BCUT2D eigenvalue weighted by Gasteiger charge is 2.11. The molecule has 3 aromatic carbocycles. The van der Waals surface area contributed by atoms with Gasteiger partial charge in [0.05, 0.1) is 0 Å². The van der Waals surface area contributed by atoms with Gasteiger partial charge in [-0.3, -0.25) is 0 Å². The molecule has 4 N–H and O–H groups in total. The van der Waals surface area contributed by atoms with Gasteiger partial charge in [-0.2, -0.15) is 0 Å². The molecule has 0 atom stereocenters. The number of hydrogen-bond donors (Lipinski definition) is 4. The first-order chi connectivity index (χ1) is 14.5. The van der Waals surface area contributed by atoms with E-state index >= 15 is 0 Å². The van der Waals surface area contributed by atoms with Gasteiger partial charge in [-0.15, -0.1) is 0 Å². The zero-order chi connectivity index (χ0) is 21.5. The normalized spacial score (nSPS) is 11.0. The molecule has 0 amide bonds. The van der Waals surface area contributed by atoms with Crippen LogP contribution < -0.4 is 5.32 Å². The lowest BCUT2D eigenvalue weighted by molar-refractivity contribution is 0.457. The van der Waals surface area contributed by atoms with Crippen molar-refractivity contribution in [3.05, 3.63) is 88.0 Å². The lowest BCUT2D eigenvalue weighted by Gasteiger charge is -2.13. The molecule has 0 fully saturated rings. The molecule has 3 aromatic rings. The van der Waals surface area contributed by atoms with Crippen molar-refractivity contribution in [2.24, 2.45) is 0 Å². The summed E-state index contributed by atoms with van der Waals surface area (Å²) in [7, 11) is 0. The fraction of sp³-hybridized carbons (Fsp3) is 0.308. The monoisotopic (exact) mass is 405 g/mol. The SMILES string of the molecule is CCCCc1cccc(Cc2cc(CNCc3cccc(C)c3O)ccc2O)c1O. The predicted octanol–water partition coefficient (Wildman–Crippen LogP) is 5.34. The first-order valence-electron chi connectivity index (χ1n) is 10.6. The van der Waals surface area contributed by atoms with E-state index in [4.69, 9.17) is 0 Å². The molecule has 4 heteroatoms. The number of phenols is 3. The van der Waals surface area contributed by atoms with Gasteiger partial charge in [-0.1, -0.05) is 61.9 Å². The fourth-order valence-electron chi connectivity index (χ4n) is 3.66. The molecule has 0 unspecified atom stereocenters. The summed E-state index contributed by atoms with van der Waals surface area (Å²) in [6.45, 7) is 5.20. The maximum atomic E-state index is 10.6. The Balaban J connectivity index is 1.69. The minimum absolute atomic E-state index is 0.230. The van der Waals surface area contributed by atoms with E-state index in [2.05, 4.69) is 12.2 Å². The third-order valence-electron chi connectivity index (χ3n) is 5.49. The average Bonchev–Trinajstić information content (AvgIpc) is 2.74. The average molecular weight is 406 g/mol. The van der Waals surface area contributed by atoms with E-state index in [1.54, 1.807) is 6.07 Å². The van der Waals surface area contributed by atoms with Crippen molar-refractivity contribution >= 4 is 0 Å². The highest BCUT2D eigenvalue weighted by Crippen LogP contribution is 2.29. The summed E-state index contributed by atoms with van der Waals surface area (Å²) in [5.41, 5.74) is 5.34. The number of unbranched alkanes of at least 4 members (excludes halogenated alkanes) is 1. The Morgan fingerprint density at radius 3 is 2.30 bits per heavy atom. The molecule has 4 nitrogen and oxygen atoms in total. The third-order valence-corrected chi connectivity index (χ3v) is 5.49. The van der Waals surface area contributed by atoms with Gasteiger partial charge >= 0.3 is 0 Å². The van der Waals surface area contributed by atoms with E-state index in [9.17, 15) is 15.3 Å². The summed E-state index contributed by atoms with van der Waals surface area (Å²) < 4.78 is 0. The fourth-order valence-corrected chi connectivity index (χ4v) is 3.66. The number of aromatic hydroxyl groups is 3. The van der Waals surface area contributed by atoms with E-state index in [0.29, 0.717) is 31.0 Å². The zero-order valence-electron chi connectivity index (χ0n) is 17.8. The second-order valence-electron chi connectivity index (χ2n) is 7.85. The molecule has 3 rings (SSSR count). The van der Waals surface area contributed by atoms with Crippen LogP contribution in [0.2, 0.25) is 0 Å². The number of hydrogen-bond acceptors (Lipinski definition) is 4. The van der Waals surface area contributed by atoms with Crippen LogP contribution in [0.4, 0.5) is 0 Å². The minimum atomic E-state index is 0.230. The van der Waals surface area contributed by atoms with Crippen molar-refractivity contribution in [1.82, 2.24) is 5.32 Å². The lowest BCUT2D eigenvalue weighted by Crippen LogP contribution is -2.13. The molecule has 0 aliphatic rings. The predicted molar refractivity (Wildman–Crippen MR) is 121 cm³/mol. The molecule has 0 spiro atoms. The summed E-state index contributed by atoms with van der Waals surface area (Å²) >= 11 is 0. The van der Waals surface area contributed by atoms with Crippen molar-refractivity contribution in [2.45, 2.75) is 52.6 Å². The van der Waals surface area contributed by atoms with Gasteiger partial charge < -0.3 is 20.6 Å². The number of rotatable bonds is 9. The number of phenolic OH excluding ortho intramolecular Hbond substituents is 3. The van der Waals surface area contributed by atoms with Crippen molar-refractivity contribution in [1.29, 1.82) is 0 Å². The van der Waals surface area contributed by atoms with Crippen LogP contribution >= 0.6 is 0 Å². The number of benzene rings is 3. The van der Waals surface area contributed by atoms with Crippen molar-refractivity contribution in [2.75, 3.05) is 0 Å². The molecule has 30 heavy (non-hydrogen) atoms. The quantitative estimate of drug-likeness (QED) is 0.388.